The first-order chi connectivity index (χ1) is 11.2. The van der Waals surface area contributed by atoms with Gasteiger partial charge in [-0.05, 0) is 36.6 Å². The third kappa shape index (κ3) is 3.25. The minimum atomic E-state index is -0.241. The van der Waals surface area contributed by atoms with Crippen molar-refractivity contribution in [1.29, 1.82) is 5.26 Å². The number of nitriles is 1. The van der Waals surface area contributed by atoms with E-state index < -0.39 is 0 Å². The van der Waals surface area contributed by atoms with Gasteiger partial charge < -0.3 is 5.32 Å². The standard InChI is InChI=1S/C19H19N3O/c1-14(19(23)21-18-9-5-4-7-16(18)12-20)22-11-10-15-6-2-3-8-17(15)13-22/h2-9,14H,10-11,13H2,1H3,(H,21,23)/t14-/m0/s1. The topological polar surface area (TPSA) is 56.1 Å². The van der Waals surface area contributed by atoms with Gasteiger partial charge in [-0.15, -0.1) is 0 Å². The fourth-order valence-corrected chi connectivity index (χ4v) is 2.94. The van der Waals surface area contributed by atoms with Crippen LogP contribution in [0.25, 0.3) is 0 Å². The number of carbonyl (C=O) groups is 1. The van der Waals surface area contributed by atoms with E-state index in [2.05, 4.69) is 34.5 Å². The van der Waals surface area contributed by atoms with Crippen LogP contribution in [-0.2, 0) is 17.8 Å². The molecule has 1 amide bonds. The molecule has 1 N–H and O–H groups in total. The Labute approximate surface area is 136 Å². The molecular formula is C19H19N3O. The molecule has 0 bridgehead atoms. The first-order valence-corrected chi connectivity index (χ1v) is 7.80. The van der Waals surface area contributed by atoms with Crippen LogP contribution < -0.4 is 5.32 Å². The first kappa shape index (κ1) is 15.3. The van der Waals surface area contributed by atoms with Crippen molar-refractivity contribution in [3.63, 3.8) is 0 Å². The second kappa shape index (κ2) is 6.64. The zero-order chi connectivity index (χ0) is 16.2. The fourth-order valence-electron chi connectivity index (χ4n) is 2.94. The Hall–Kier alpha value is -2.64. The number of rotatable bonds is 3. The third-order valence-corrected chi connectivity index (χ3v) is 4.39. The van der Waals surface area contributed by atoms with E-state index in [-0.39, 0.29) is 11.9 Å². The van der Waals surface area contributed by atoms with Crippen LogP contribution in [0.3, 0.4) is 0 Å². The highest BCUT2D eigenvalue weighted by molar-refractivity contribution is 5.95. The third-order valence-electron chi connectivity index (χ3n) is 4.39. The van der Waals surface area contributed by atoms with Crippen molar-refractivity contribution in [2.75, 3.05) is 11.9 Å². The summed E-state index contributed by atoms with van der Waals surface area (Å²) in [6.07, 6.45) is 0.961. The maximum atomic E-state index is 12.5. The van der Waals surface area contributed by atoms with Crippen molar-refractivity contribution in [2.45, 2.75) is 25.9 Å². The van der Waals surface area contributed by atoms with E-state index in [0.717, 1.165) is 19.5 Å². The van der Waals surface area contributed by atoms with E-state index in [4.69, 9.17) is 5.26 Å². The molecule has 3 rings (SSSR count). The maximum Gasteiger partial charge on any atom is 0.241 e. The van der Waals surface area contributed by atoms with Crippen LogP contribution in [0.5, 0.6) is 0 Å². The number of carbonyl (C=O) groups excluding carboxylic acids is 1. The number of amides is 1. The summed E-state index contributed by atoms with van der Waals surface area (Å²) in [5, 5.41) is 12.0. The number of hydrogen-bond acceptors (Lipinski definition) is 3. The Morgan fingerprint density at radius 3 is 2.65 bits per heavy atom. The van der Waals surface area contributed by atoms with E-state index in [1.54, 1.807) is 18.2 Å². The summed E-state index contributed by atoms with van der Waals surface area (Å²) in [4.78, 5) is 14.7. The van der Waals surface area contributed by atoms with Crippen molar-refractivity contribution < 1.29 is 4.79 Å². The summed E-state index contributed by atoms with van der Waals surface area (Å²) in [5.41, 5.74) is 3.71. The SMILES string of the molecule is C[C@@H](C(=O)Nc1ccccc1C#N)N1CCc2ccccc2C1. The quantitative estimate of drug-likeness (QED) is 0.948. The predicted molar refractivity (Wildman–Crippen MR) is 89.8 cm³/mol. The summed E-state index contributed by atoms with van der Waals surface area (Å²) in [6.45, 7) is 3.56. The lowest BCUT2D eigenvalue weighted by molar-refractivity contribution is -0.121. The van der Waals surface area contributed by atoms with E-state index in [0.29, 0.717) is 11.3 Å². The van der Waals surface area contributed by atoms with Gasteiger partial charge in [-0.3, -0.25) is 9.69 Å². The Morgan fingerprint density at radius 2 is 1.87 bits per heavy atom. The molecule has 0 aromatic heterocycles. The van der Waals surface area contributed by atoms with Crippen molar-refractivity contribution in [2.24, 2.45) is 0 Å². The molecular weight excluding hydrogens is 286 g/mol. The normalized spacial score (nSPS) is 15.3. The predicted octanol–water partition coefficient (Wildman–Crippen LogP) is 2.94. The second-order valence-corrected chi connectivity index (χ2v) is 5.81. The van der Waals surface area contributed by atoms with Crippen LogP contribution >= 0.6 is 0 Å². The minimum Gasteiger partial charge on any atom is -0.324 e. The monoisotopic (exact) mass is 305 g/mol. The number of para-hydroxylation sites is 1. The zero-order valence-corrected chi connectivity index (χ0v) is 13.1. The summed E-state index contributed by atoms with van der Waals surface area (Å²) in [6, 6.07) is 17.3. The smallest absolute Gasteiger partial charge is 0.241 e. The highest BCUT2D eigenvalue weighted by Gasteiger charge is 2.25. The number of benzene rings is 2. The summed E-state index contributed by atoms with van der Waals surface area (Å²) >= 11 is 0. The van der Waals surface area contributed by atoms with Crippen LogP contribution in [0.2, 0.25) is 0 Å². The molecule has 1 atom stereocenters. The highest BCUT2D eigenvalue weighted by Crippen LogP contribution is 2.21. The minimum absolute atomic E-state index is 0.0768. The zero-order valence-electron chi connectivity index (χ0n) is 13.1. The number of nitrogens with one attached hydrogen (secondary N) is 1. The summed E-state index contributed by atoms with van der Waals surface area (Å²) < 4.78 is 0. The molecule has 1 aliphatic rings. The Morgan fingerprint density at radius 1 is 1.17 bits per heavy atom. The molecule has 23 heavy (non-hydrogen) atoms. The van der Waals surface area contributed by atoms with Crippen LogP contribution in [0, 0.1) is 11.3 Å². The molecule has 4 nitrogen and oxygen atoms in total. The Balaban J connectivity index is 1.70. The van der Waals surface area contributed by atoms with Crippen molar-refractivity contribution in [3.05, 3.63) is 65.2 Å². The van der Waals surface area contributed by atoms with Crippen molar-refractivity contribution in [1.82, 2.24) is 4.90 Å². The van der Waals surface area contributed by atoms with Crippen LogP contribution in [0.1, 0.15) is 23.6 Å². The molecule has 0 saturated carbocycles. The van der Waals surface area contributed by atoms with Gasteiger partial charge in [0.15, 0.2) is 0 Å². The summed E-state index contributed by atoms with van der Waals surface area (Å²) in [7, 11) is 0. The molecule has 0 fully saturated rings. The lowest BCUT2D eigenvalue weighted by Crippen LogP contribution is -2.44. The lowest BCUT2D eigenvalue weighted by Gasteiger charge is -2.32. The van der Waals surface area contributed by atoms with Gasteiger partial charge >= 0.3 is 0 Å². The van der Waals surface area contributed by atoms with Crippen molar-refractivity contribution >= 4 is 11.6 Å². The average molecular weight is 305 g/mol. The largest absolute Gasteiger partial charge is 0.324 e. The number of hydrogen-bond donors (Lipinski definition) is 1. The van der Waals surface area contributed by atoms with Gasteiger partial charge in [0, 0.05) is 13.1 Å². The van der Waals surface area contributed by atoms with Crippen LogP contribution in [0.4, 0.5) is 5.69 Å². The Bertz CT molecular complexity index is 763. The van der Waals surface area contributed by atoms with E-state index in [9.17, 15) is 4.79 Å². The molecule has 2 aromatic carbocycles. The molecule has 4 heteroatoms. The number of fused-ring (bicyclic) bond motifs is 1. The van der Waals surface area contributed by atoms with Gasteiger partial charge in [0.05, 0.1) is 17.3 Å². The number of nitrogens with zero attached hydrogens (tertiary/aromatic N) is 2. The fraction of sp³-hybridized carbons (Fsp3) is 0.263. The molecule has 1 aliphatic heterocycles. The summed E-state index contributed by atoms with van der Waals surface area (Å²) in [5.74, 6) is -0.0768. The molecule has 2 aromatic rings. The van der Waals surface area contributed by atoms with E-state index >= 15 is 0 Å². The van der Waals surface area contributed by atoms with Crippen LogP contribution in [0.15, 0.2) is 48.5 Å². The first-order valence-electron chi connectivity index (χ1n) is 7.80. The molecule has 116 valence electrons. The van der Waals surface area contributed by atoms with E-state index in [1.807, 2.05) is 19.1 Å². The van der Waals surface area contributed by atoms with Gasteiger partial charge in [0.2, 0.25) is 5.91 Å². The van der Waals surface area contributed by atoms with Crippen molar-refractivity contribution in [3.8, 4) is 6.07 Å². The number of anilines is 1. The van der Waals surface area contributed by atoms with Gasteiger partial charge in [0.25, 0.3) is 0 Å². The van der Waals surface area contributed by atoms with Gasteiger partial charge in [0.1, 0.15) is 6.07 Å². The molecule has 0 spiro atoms. The van der Waals surface area contributed by atoms with Gasteiger partial charge in [-0.1, -0.05) is 36.4 Å². The Kier molecular flexibility index (Phi) is 4.40. The van der Waals surface area contributed by atoms with Gasteiger partial charge in [-0.2, -0.15) is 5.26 Å². The van der Waals surface area contributed by atoms with E-state index in [1.165, 1.54) is 11.1 Å². The van der Waals surface area contributed by atoms with Crippen LogP contribution in [-0.4, -0.2) is 23.4 Å². The molecule has 0 aliphatic carbocycles. The molecule has 0 saturated heterocycles. The lowest BCUT2D eigenvalue weighted by atomic mass is 9.98. The maximum absolute atomic E-state index is 12.5. The second-order valence-electron chi connectivity index (χ2n) is 5.81. The molecule has 0 unspecified atom stereocenters. The van der Waals surface area contributed by atoms with Gasteiger partial charge in [-0.25, -0.2) is 0 Å². The average Bonchev–Trinajstić information content (AvgIpc) is 2.61. The highest BCUT2D eigenvalue weighted by atomic mass is 16.2. The molecule has 0 radical (unpaired) electrons. The molecule has 1 heterocycles.